The maximum Gasteiger partial charge on any atom is 0.183 e. The molecule has 2 atom stereocenters. The Morgan fingerprint density at radius 1 is 1.11 bits per heavy atom. The Bertz CT molecular complexity index is 206. The summed E-state index contributed by atoms with van der Waals surface area (Å²) >= 11 is 0. The van der Waals surface area contributed by atoms with Gasteiger partial charge in [0, 0.05) is 25.2 Å². The minimum Gasteiger partial charge on any atom is -0.416 e. The smallest absolute Gasteiger partial charge is 0.183 e. The van der Waals surface area contributed by atoms with Crippen LogP contribution in [0.3, 0.4) is 0 Å². The van der Waals surface area contributed by atoms with Crippen molar-refractivity contribution in [2.24, 2.45) is 0 Å². The second-order valence-electron chi connectivity index (χ2n) is 6.16. The topological polar surface area (TPSA) is 53.5 Å². The van der Waals surface area contributed by atoms with Gasteiger partial charge >= 0.3 is 0 Å². The molecule has 0 aromatic carbocycles. The molecule has 0 fully saturated rings. The van der Waals surface area contributed by atoms with Crippen LogP contribution in [0.15, 0.2) is 0 Å². The number of hydroxylamine groups is 1. The van der Waals surface area contributed by atoms with Gasteiger partial charge in [0.25, 0.3) is 0 Å². The molecule has 0 aromatic heterocycles. The Morgan fingerprint density at radius 2 is 1.79 bits per heavy atom. The van der Waals surface area contributed by atoms with Crippen molar-refractivity contribution in [1.29, 1.82) is 0 Å². The van der Waals surface area contributed by atoms with Crippen LogP contribution in [0, 0.1) is 0 Å². The molecule has 3 N–H and O–H groups in total. The van der Waals surface area contributed by atoms with E-state index in [9.17, 15) is 5.21 Å². The van der Waals surface area contributed by atoms with Gasteiger partial charge in [-0.2, -0.15) is 0 Å². The molecule has 116 valence electrons. The number of unbranched alkanes of at least 4 members (excludes halogenated alkanes) is 2. The maximum atomic E-state index is 9.22. The zero-order valence-corrected chi connectivity index (χ0v) is 14.5. The summed E-state index contributed by atoms with van der Waals surface area (Å²) in [5.74, 6) is 0. The molecule has 0 rings (SSSR count). The van der Waals surface area contributed by atoms with Gasteiger partial charge in [-0.05, 0) is 32.5 Å². The van der Waals surface area contributed by atoms with Gasteiger partial charge in [-0.25, -0.2) is 5.48 Å². The van der Waals surface area contributed by atoms with E-state index in [-0.39, 0.29) is 6.04 Å². The molecule has 0 heterocycles. The second kappa shape index (κ2) is 10.8. The summed E-state index contributed by atoms with van der Waals surface area (Å²) in [6.45, 7) is 12.6. The van der Waals surface area contributed by atoms with E-state index >= 15 is 0 Å². The summed E-state index contributed by atoms with van der Waals surface area (Å²) in [6, 6.07) is 0.454. The third kappa shape index (κ3) is 10.5. The van der Waals surface area contributed by atoms with Gasteiger partial charge in [-0.3, -0.25) is 0 Å². The summed E-state index contributed by atoms with van der Waals surface area (Å²) in [6.07, 6.45) is 5.73. The van der Waals surface area contributed by atoms with Crippen LogP contribution in [-0.2, 0) is 4.43 Å². The Morgan fingerprint density at radius 3 is 2.26 bits per heavy atom. The van der Waals surface area contributed by atoms with E-state index in [2.05, 4.69) is 44.3 Å². The van der Waals surface area contributed by atoms with Gasteiger partial charge in [0.1, 0.15) is 0 Å². The molecule has 0 bridgehead atoms. The molecule has 0 saturated heterocycles. The van der Waals surface area contributed by atoms with Crippen LogP contribution in [0.4, 0.5) is 0 Å². The van der Waals surface area contributed by atoms with Crippen molar-refractivity contribution >= 4 is 8.32 Å². The summed E-state index contributed by atoms with van der Waals surface area (Å²) in [5, 5.41) is 12.8. The lowest BCUT2D eigenvalue weighted by atomic mass is 9.99. The number of nitrogens with one attached hydrogen (secondary N) is 2. The lowest BCUT2D eigenvalue weighted by Crippen LogP contribution is -2.48. The van der Waals surface area contributed by atoms with Crippen molar-refractivity contribution < 1.29 is 9.63 Å². The first kappa shape index (κ1) is 19.1. The molecule has 0 spiro atoms. The third-order valence-corrected chi connectivity index (χ3v) is 4.32. The molecule has 0 saturated carbocycles. The maximum absolute atomic E-state index is 9.22. The highest BCUT2D eigenvalue weighted by Crippen LogP contribution is 2.09. The van der Waals surface area contributed by atoms with Crippen molar-refractivity contribution in [2.75, 3.05) is 13.2 Å². The highest BCUT2D eigenvalue weighted by Gasteiger charge is 2.19. The zero-order valence-electron chi connectivity index (χ0n) is 13.5. The largest absolute Gasteiger partial charge is 0.416 e. The Balaban J connectivity index is 4.03. The van der Waals surface area contributed by atoms with Crippen molar-refractivity contribution in [3.8, 4) is 0 Å². The first-order valence-corrected chi connectivity index (χ1v) is 11.1. The SMILES string of the molecule is CCCCC[C@@H](NCCO[Si](C)(C)C)[C@H](CC)NO. The van der Waals surface area contributed by atoms with Crippen molar-refractivity contribution in [3.63, 3.8) is 0 Å². The highest BCUT2D eigenvalue weighted by molar-refractivity contribution is 6.69. The van der Waals surface area contributed by atoms with Gasteiger partial charge in [-0.15, -0.1) is 0 Å². The average Bonchev–Trinajstić information content (AvgIpc) is 2.34. The van der Waals surface area contributed by atoms with Crippen molar-refractivity contribution in [2.45, 2.75) is 77.7 Å². The summed E-state index contributed by atoms with van der Waals surface area (Å²) < 4.78 is 5.85. The molecule has 0 amide bonds. The van der Waals surface area contributed by atoms with Gasteiger partial charge in [0.2, 0.25) is 0 Å². The van der Waals surface area contributed by atoms with Crippen LogP contribution in [0.1, 0.15) is 46.0 Å². The zero-order chi connectivity index (χ0) is 14.7. The summed E-state index contributed by atoms with van der Waals surface area (Å²) in [7, 11) is -1.41. The van der Waals surface area contributed by atoms with Crippen LogP contribution in [0.25, 0.3) is 0 Å². The van der Waals surface area contributed by atoms with E-state index in [1.54, 1.807) is 0 Å². The lowest BCUT2D eigenvalue weighted by molar-refractivity contribution is 0.0997. The van der Waals surface area contributed by atoms with Crippen LogP contribution in [-0.4, -0.2) is 38.8 Å². The van der Waals surface area contributed by atoms with E-state index in [1.807, 2.05) is 0 Å². The molecular formula is C14H34N2O2Si. The van der Waals surface area contributed by atoms with Crippen LogP contribution in [0.5, 0.6) is 0 Å². The predicted molar refractivity (Wildman–Crippen MR) is 84.2 cm³/mol. The fraction of sp³-hybridized carbons (Fsp3) is 1.00. The highest BCUT2D eigenvalue weighted by atomic mass is 28.4. The predicted octanol–water partition coefficient (Wildman–Crippen LogP) is 3.13. The second-order valence-corrected chi connectivity index (χ2v) is 10.7. The van der Waals surface area contributed by atoms with Gasteiger partial charge in [0.05, 0.1) is 0 Å². The van der Waals surface area contributed by atoms with E-state index in [4.69, 9.17) is 4.43 Å². The molecule has 0 unspecified atom stereocenters. The average molecular weight is 291 g/mol. The Labute approximate surface area is 120 Å². The number of hydrogen-bond donors (Lipinski definition) is 3. The van der Waals surface area contributed by atoms with Gasteiger partial charge in [0.15, 0.2) is 8.32 Å². The molecule has 5 heteroatoms. The monoisotopic (exact) mass is 290 g/mol. The van der Waals surface area contributed by atoms with Crippen LogP contribution >= 0.6 is 0 Å². The minimum absolute atomic E-state index is 0.128. The molecule has 0 aliphatic rings. The van der Waals surface area contributed by atoms with Crippen LogP contribution < -0.4 is 10.8 Å². The molecule has 0 aliphatic carbocycles. The molecule has 4 nitrogen and oxygen atoms in total. The first-order chi connectivity index (χ1) is 8.94. The molecule has 0 aromatic rings. The lowest BCUT2D eigenvalue weighted by Gasteiger charge is -2.27. The summed E-state index contributed by atoms with van der Waals surface area (Å²) in [5.41, 5.74) is 2.44. The molecule has 0 radical (unpaired) electrons. The number of hydrogen-bond acceptors (Lipinski definition) is 4. The van der Waals surface area contributed by atoms with Gasteiger partial charge in [-0.1, -0.05) is 33.1 Å². The fourth-order valence-electron chi connectivity index (χ4n) is 2.13. The third-order valence-electron chi connectivity index (χ3n) is 3.25. The van der Waals surface area contributed by atoms with E-state index < -0.39 is 8.32 Å². The molecule has 19 heavy (non-hydrogen) atoms. The Kier molecular flexibility index (Phi) is 10.8. The normalized spacial score (nSPS) is 15.5. The van der Waals surface area contributed by atoms with E-state index in [0.29, 0.717) is 6.04 Å². The van der Waals surface area contributed by atoms with E-state index in [0.717, 1.165) is 26.0 Å². The van der Waals surface area contributed by atoms with Crippen molar-refractivity contribution in [3.05, 3.63) is 0 Å². The fourth-order valence-corrected chi connectivity index (χ4v) is 2.84. The van der Waals surface area contributed by atoms with Crippen LogP contribution in [0.2, 0.25) is 19.6 Å². The molecular weight excluding hydrogens is 256 g/mol. The standard InChI is InChI=1S/C14H34N2O2Si/c1-6-8-9-10-14(13(7-2)16-17)15-11-12-18-19(3,4)5/h13-17H,6-12H2,1-5H3/t13-,14+/m0/s1. The molecule has 0 aliphatic heterocycles. The first-order valence-electron chi connectivity index (χ1n) is 7.71. The van der Waals surface area contributed by atoms with Gasteiger partial charge < -0.3 is 15.0 Å². The quantitative estimate of drug-likeness (QED) is 0.294. The van der Waals surface area contributed by atoms with Crippen molar-refractivity contribution in [1.82, 2.24) is 10.8 Å². The number of rotatable bonds is 12. The Hall–Kier alpha value is 0.0569. The minimum atomic E-state index is -1.41. The van der Waals surface area contributed by atoms with E-state index in [1.165, 1.54) is 19.3 Å². The summed E-state index contributed by atoms with van der Waals surface area (Å²) in [4.78, 5) is 0.